The number of carboxylic acid groups (broad SMARTS) is 1. The van der Waals surface area contributed by atoms with Gasteiger partial charge in [-0.2, -0.15) is 0 Å². The van der Waals surface area contributed by atoms with Gasteiger partial charge in [-0.25, -0.2) is 0 Å². The molecule has 29 heavy (non-hydrogen) atoms. The first-order chi connectivity index (χ1) is 13.9. The molecular weight excluding hydrogens is 388 g/mol. The van der Waals surface area contributed by atoms with Crippen molar-refractivity contribution < 1.29 is 19.5 Å². The Kier molecular flexibility index (Phi) is 10.4. The van der Waals surface area contributed by atoms with E-state index in [4.69, 9.17) is 5.11 Å². The summed E-state index contributed by atoms with van der Waals surface area (Å²) >= 11 is 0. The van der Waals surface area contributed by atoms with Crippen molar-refractivity contribution in [1.82, 2.24) is 25.3 Å². The van der Waals surface area contributed by atoms with Gasteiger partial charge in [0.15, 0.2) is 0 Å². The smallest absolute Gasteiger partial charge is 0.303 e. The van der Waals surface area contributed by atoms with Crippen molar-refractivity contribution in [3.05, 3.63) is 0 Å². The number of carbonyl (C=O) groups excluding carboxylic acids is 2. The van der Waals surface area contributed by atoms with Crippen LogP contribution in [-0.2, 0) is 14.4 Å². The average molecular weight is 425 g/mol. The first kappa shape index (κ1) is 23.6. The molecule has 0 radical (unpaired) electrons. The highest BCUT2D eigenvalue weighted by Gasteiger charge is 2.28. The van der Waals surface area contributed by atoms with Crippen molar-refractivity contribution in [2.45, 2.75) is 44.6 Å². The van der Waals surface area contributed by atoms with Gasteiger partial charge in [0.05, 0.1) is 6.54 Å². The molecule has 2 aliphatic rings. The van der Waals surface area contributed by atoms with Gasteiger partial charge in [0.25, 0.3) is 0 Å². The molecule has 0 aromatic carbocycles. The summed E-state index contributed by atoms with van der Waals surface area (Å²) in [5, 5.41) is 14.2. The summed E-state index contributed by atoms with van der Waals surface area (Å²) in [6.07, 6.45) is 3.71. The van der Waals surface area contributed by atoms with E-state index in [-0.39, 0.29) is 18.2 Å². The summed E-state index contributed by atoms with van der Waals surface area (Å²) in [7, 11) is 2.16. The lowest BCUT2D eigenvalue weighted by molar-refractivity contribution is -0.137. The number of likely N-dealkylation sites (tertiary alicyclic amines) is 1. The number of hydrogen-bond acceptors (Lipinski definition) is 6. The van der Waals surface area contributed by atoms with Gasteiger partial charge in [-0.05, 0) is 39.3 Å². The Morgan fingerprint density at radius 2 is 1.59 bits per heavy atom. The van der Waals surface area contributed by atoms with Gasteiger partial charge in [-0.3, -0.25) is 24.2 Å². The summed E-state index contributed by atoms with van der Waals surface area (Å²) in [6, 6.07) is 0.459. The van der Waals surface area contributed by atoms with Gasteiger partial charge >= 0.3 is 5.97 Å². The minimum absolute atomic E-state index is 0.0251. The number of carbonyl (C=O) groups is 3. The molecule has 2 heterocycles. The fourth-order valence-corrected chi connectivity index (χ4v) is 3.91. The summed E-state index contributed by atoms with van der Waals surface area (Å²) in [5.74, 6) is -0.931. The second-order valence-electron chi connectivity index (χ2n) is 8.17. The summed E-state index contributed by atoms with van der Waals surface area (Å²) in [5.41, 5.74) is 0. The molecule has 1 atom stereocenters. The van der Waals surface area contributed by atoms with Crippen LogP contribution in [0, 0.1) is 0 Å². The van der Waals surface area contributed by atoms with Gasteiger partial charge in [0.1, 0.15) is 0 Å². The highest BCUT2D eigenvalue weighted by atomic mass is 16.4. The molecule has 0 spiro atoms. The molecule has 3 N–H and O–H groups in total. The fourth-order valence-electron chi connectivity index (χ4n) is 3.91. The first-order valence-electron chi connectivity index (χ1n) is 10.8. The Balaban J connectivity index is 1.55. The molecule has 1 unspecified atom stereocenters. The second-order valence-corrected chi connectivity index (χ2v) is 8.17. The quantitative estimate of drug-likeness (QED) is 0.222. The number of nitrogens with zero attached hydrogens (tertiary/aromatic N) is 3. The van der Waals surface area contributed by atoms with E-state index in [0.29, 0.717) is 44.9 Å². The van der Waals surface area contributed by atoms with Crippen LogP contribution < -0.4 is 10.6 Å². The van der Waals surface area contributed by atoms with Crippen molar-refractivity contribution in [3.8, 4) is 0 Å². The summed E-state index contributed by atoms with van der Waals surface area (Å²) in [4.78, 5) is 41.5. The second kappa shape index (κ2) is 12.8. The topological polar surface area (TPSA) is 105 Å². The van der Waals surface area contributed by atoms with E-state index in [2.05, 4.69) is 32.4 Å². The van der Waals surface area contributed by atoms with E-state index >= 15 is 0 Å². The first-order valence-corrected chi connectivity index (χ1v) is 10.8. The van der Waals surface area contributed by atoms with Gasteiger partial charge < -0.3 is 20.6 Å². The van der Waals surface area contributed by atoms with Crippen LogP contribution in [0.1, 0.15) is 38.5 Å². The molecule has 166 valence electrons. The minimum Gasteiger partial charge on any atom is -0.481 e. The normalized spacial score (nSPS) is 21.2. The molecular formula is C20H37N5O4. The third kappa shape index (κ3) is 9.56. The lowest BCUT2D eigenvalue weighted by atomic mass is 10.3. The van der Waals surface area contributed by atoms with Gasteiger partial charge in [-0.1, -0.05) is 0 Å². The fraction of sp³-hybridized carbons (Fsp3) is 0.850. The molecule has 2 aliphatic heterocycles. The summed E-state index contributed by atoms with van der Waals surface area (Å²) in [6.45, 7) is 7.74. The van der Waals surface area contributed by atoms with E-state index in [1.165, 1.54) is 0 Å². The molecule has 0 bridgehead atoms. The molecule has 9 nitrogen and oxygen atoms in total. The molecule has 9 heteroatoms. The highest BCUT2D eigenvalue weighted by Crippen LogP contribution is 2.18. The predicted octanol–water partition coefficient (Wildman–Crippen LogP) is -0.424. The maximum absolute atomic E-state index is 12.3. The molecule has 0 aliphatic carbocycles. The molecule has 0 saturated carbocycles. The molecule has 2 rings (SSSR count). The number of amides is 2. The lowest BCUT2D eigenvalue weighted by Gasteiger charge is -2.36. The molecule has 2 saturated heterocycles. The van der Waals surface area contributed by atoms with Crippen LogP contribution in [0.2, 0.25) is 0 Å². The number of rotatable bonds is 12. The predicted molar refractivity (Wildman–Crippen MR) is 111 cm³/mol. The van der Waals surface area contributed by atoms with Crippen molar-refractivity contribution in [2.24, 2.45) is 0 Å². The van der Waals surface area contributed by atoms with Crippen molar-refractivity contribution in [2.75, 3.05) is 66.0 Å². The minimum atomic E-state index is -0.856. The zero-order valence-electron chi connectivity index (χ0n) is 17.7. The Labute approximate surface area is 173 Å². The Morgan fingerprint density at radius 1 is 0.931 bits per heavy atom. The zero-order valence-corrected chi connectivity index (χ0v) is 17.7. The molecule has 2 fully saturated rings. The Bertz CT molecular complexity index is 537. The number of likely N-dealkylation sites (N-methyl/N-ethyl adjacent to an activating group) is 1. The molecule has 0 aromatic rings. The van der Waals surface area contributed by atoms with Crippen LogP contribution in [0.3, 0.4) is 0 Å². The van der Waals surface area contributed by atoms with Gasteiger partial charge in [-0.15, -0.1) is 0 Å². The Hall–Kier alpha value is -1.71. The number of piperazine rings is 1. The van der Waals surface area contributed by atoms with E-state index in [1.807, 2.05) is 0 Å². The SMILES string of the molecule is [13CH3][15N]1[13CH2][13CH2]N([13CH2][13CH]2[13CH2][13CH2][13CH2]N2[13CH2]C(=O)[15NH]CCCC(=O)[15NH]CCCC(=O)O)[13CH2][13CH2]1. The summed E-state index contributed by atoms with van der Waals surface area (Å²) < 4.78 is 0. The van der Waals surface area contributed by atoms with Crippen molar-refractivity contribution in [1.29, 1.82) is 0 Å². The number of aliphatic carboxylic acids is 1. The maximum atomic E-state index is 12.3. The highest BCUT2D eigenvalue weighted by molar-refractivity contribution is 5.78. The van der Waals surface area contributed by atoms with Crippen molar-refractivity contribution in [3.63, 3.8) is 0 Å². The third-order valence-corrected chi connectivity index (χ3v) is 5.70. The maximum Gasteiger partial charge on any atom is 0.303 e. The number of carboxylic acids is 1. The van der Waals surface area contributed by atoms with Crippen LogP contribution >= 0.6 is 0 Å². The van der Waals surface area contributed by atoms with Crippen LogP contribution in [0.25, 0.3) is 0 Å². The van der Waals surface area contributed by atoms with Crippen LogP contribution in [0.15, 0.2) is 0 Å². The van der Waals surface area contributed by atoms with E-state index in [1.54, 1.807) is 0 Å². The standard InChI is InChI=1S/C20H37N5O4/c1-23-11-13-24(14-12-23)15-17-5-4-10-25(17)16-19(27)22-8-2-6-18(26)21-9-3-7-20(28)29/h17H,2-16H2,1H3,(H,21,26)(H,22,27)(H,28,29)/i1+1,4+1,5+1,10+1,11+1,12+1,13+1,14+1,15+1,16+1,17+1,21+1,22+1,23+1. The lowest BCUT2D eigenvalue weighted by Crippen LogP contribution is -2.50. The third-order valence-electron chi connectivity index (χ3n) is 5.70. The van der Waals surface area contributed by atoms with Crippen LogP contribution in [-0.4, -0.2) is 110 Å². The zero-order chi connectivity index (χ0) is 21.1. The van der Waals surface area contributed by atoms with Crippen molar-refractivity contribution >= 4 is 17.8 Å². The van der Waals surface area contributed by atoms with E-state index in [9.17, 15) is 14.4 Å². The van der Waals surface area contributed by atoms with Gasteiger partial charge in [0, 0.05) is 64.7 Å². The van der Waals surface area contributed by atoms with E-state index < -0.39 is 5.97 Å². The monoisotopic (exact) mass is 425 g/mol. The largest absolute Gasteiger partial charge is 0.481 e. The number of hydrogen-bond donors (Lipinski definition) is 3. The van der Waals surface area contributed by atoms with E-state index in [0.717, 1.165) is 52.1 Å². The van der Waals surface area contributed by atoms with Gasteiger partial charge in [0.2, 0.25) is 11.8 Å². The average Bonchev–Trinajstić information content (AvgIpc) is 3.10. The van der Waals surface area contributed by atoms with Crippen LogP contribution in [0.4, 0.5) is 0 Å². The molecule has 0 aromatic heterocycles. The molecule has 2 amide bonds. The number of nitrogens with one attached hydrogen (secondary N) is 2. The van der Waals surface area contributed by atoms with Crippen LogP contribution in [0.5, 0.6) is 0 Å². The Morgan fingerprint density at radius 3 is 2.28 bits per heavy atom.